The molecule has 27 heavy (non-hydrogen) atoms. The van der Waals surface area contributed by atoms with Gasteiger partial charge in [-0.2, -0.15) is 0 Å². The van der Waals surface area contributed by atoms with E-state index < -0.39 is 0 Å². The number of nitrogens with two attached hydrogens (primary N) is 2. The van der Waals surface area contributed by atoms with Gasteiger partial charge in [0.25, 0.3) is 0 Å². The van der Waals surface area contributed by atoms with E-state index in [2.05, 4.69) is 64.3 Å². The van der Waals surface area contributed by atoms with Crippen molar-refractivity contribution in [3.8, 4) is 11.4 Å². The molecule has 0 radical (unpaired) electrons. The fourth-order valence-corrected chi connectivity index (χ4v) is 4.31. The van der Waals surface area contributed by atoms with Crippen LogP contribution >= 0.6 is 0 Å². The lowest BCUT2D eigenvalue weighted by atomic mass is 9.78. The molecule has 1 aliphatic heterocycles. The minimum absolute atomic E-state index is 0.385. The standard InChI is InChI=1S/C23H20N4/c24-18-10-8-17(9-11-18)23(15-16-4-3-5-19(25)14-16)21-7-2-1-6-20(21)22-26-12-13-27(22)23/h1-14H,15,24-25H2. The third-order valence-corrected chi connectivity index (χ3v) is 5.46. The van der Waals surface area contributed by atoms with Crippen LogP contribution in [0.4, 0.5) is 11.4 Å². The van der Waals surface area contributed by atoms with Crippen molar-refractivity contribution < 1.29 is 0 Å². The molecule has 4 N–H and O–H groups in total. The van der Waals surface area contributed by atoms with Crippen molar-refractivity contribution in [1.82, 2.24) is 9.55 Å². The Bertz CT molecular complexity index is 1130. The molecular formula is C23H20N4. The highest BCUT2D eigenvalue weighted by Gasteiger charge is 2.44. The average Bonchev–Trinajstić information content (AvgIpc) is 3.25. The van der Waals surface area contributed by atoms with Gasteiger partial charge >= 0.3 is 0 Å². The van der Waals surface area contributed by atoms with Gasteiger partial charge in [-0.05, 0) is 41.0 Å². The molecule has 4 heteroatoms. The molecule has 132 valence electrons. The zero-order valence-electron chi connectivity index (χ0n) is 14.8. The van der Waals surface area contributed by atoms with Crippen LogP contribution in [0.15, 0.2) is 85.2 Å². The second-order valence-electron chi connectivity index (χ2n) is 7.07. The maximum atomic E-state index is 6.07. The zero-order chi connectivity index (χ0) is 18.4. The van der Waals surface area contributed by atoms with E-state index in [0.717, 1.165) is 23.6 Å². The van der Waals surface area contributed by atoms with Gasteiger partial charge < -0.3 is 16.0 Å². The number of benzene rings is 3. The number of fused-ring (bicyclic) bond motifs is 3. The van der Waals surface area contributed by atoms with Gasteiger partial charge in [0.15, 0.2) is 0 Å². The smallest absolute Gasteiger partial charge is 0.141 e. The fraction of sp³-hybridized carbons (Fsp3) is 0.0870. The predicted molar refractivity (Wildman–Crippen MR) is 109 cm³/mol. The van der Waals surface area contributed by atoms with E-state index in [4.69, 9.17) is 11.5 Å². The van der Waals surface area contributed by atoms with Crippen molar-refractivity contribution in [2.45, 2.75) is 12.0 Å². The average molecular weight is 352 g/mol. The van der Waals surface area contributed by atoms with Gasteiger partial charge in [0.2, 0.25) is 0 Å². The van der Waals surface area contributed by atoms with Gasteiger partial charge in [0, 0.05) is 35.8 Å². The molecule has 1 unspecified atom stereocenters. The molecule has 4 nitrogen and oxygen atoms in total. The van der Waals surface area contributed by atoms with Gasteiger partial charge in [0.1, 0.15) is 11.4 Å². The molecule has 1 aromatic heterocycles. The summed E-state index contributed by atoms with van der Waals surface area (Å²) < 4.78 is 2.28. The summed E-state index contributed by atoms with van der Waals surface area (Å²) in [6.45, 7) is 0. The van der Waals surface area contributed by atoms with E-state index in [9.17, 15) is 0 Å². The molecule has 0 saturated carbocycles. The summed E-state index contributed by atoms with van der Waals surface area (Å²) in [6, 6.07) is 24.8. The summed E-state index contributed by atoms with van der Waals surface area (Å²) in [7, 11) is 0. The number of imidazole rings is 1. The zero-order valence-corrected chi connectivity index (χ0v) is 14.8. The molecule has 2 heterocycles. The number of hydrogen-bond donors (Lipinski definition) is 2. The first-order chi connectivity index (χ1) is 13.2. The molecule has 3 aromatic carbocycles. The van der Waals surface area contributed by atoms with Crippen LogP contribution in [0.3, 0.4) is 0 Å². The molecule has 0 bridgehead atoms. The van der Waals surface area contributed by atoms with Crippen LogP contribution in [0.5, 0.6) is 0 Å². The second kappa shape index (κ2) is 5.74. The maximum Gasteiger partial charge on any atom is 0.141 e. The van der Waals surface area contributed by atoms with E-state index in [-0.39, 0.29) is 5.54 Å². The summed E-state index contributed by atoms with van der Waals surface area (Å²) in [6.07, 6.45) is 4.72. The van der Waals surface area contributed by atoms with Crippen LogP contribution in [0.2, 0.25) is 0 Å². The first-order valence-corrected chi connectivity index (χ1v) is 9.03. The third-order valence-electron chi connectivity index (χ3n) is 5.46. The van der Waals surface area contributed by atoms with Crippen LogP contribution in [0.1, 0.15) is 16.7 Å². The van der Waals surface area contributed by atoms with Gasteiger partial charge in [-0.1, -0.05) is 48.5 Å². The summed E-state index contributed by atoms with van der Waals surface area (Å²) in [4.78, 5) is 4.65. The van der Waals surface area contributed by atoms with E-state index in [1.54, 1.807) is 0 Å². The minimum Gasteiger partial charge on any atom is -0.399 e. The Hall–Kier alpha value is -3.53. The first-order valence-electron chi connectivity index (χ1n) is 9.03. The van der Waals surface area contributed by atoms with Gasteiger partial charge in [0.05, 0.1) is 0 Å². The van der Waals surface area contributed by atoms with E-state index in [1.165, 1.54) is 22.3 Å². The van der Waals surface area contributed by atoms with Crippen molar-refractivity contribution >= 4 is 11.4 Å². The van der Waals surface area contributed by atoms with Crippen LogP contribution in [-0.2, 0) is 12.0 Å². The van der Waals surface area contributed by atoms with Crippen molar-refractivity contribution in [1.29, 1.82) is 0 Å². The monoisotopic (exact) mass is 352 g/mol. The lowest BCUT2D eigenvalue weighted by molar-refractivity contribution is 0.450. The van der Waals surface area contributed by atoms with E-state index >= 15 is 0 Å². The normalized spacial score (nSPS) is 17.5. The molecule has 0 spiro atoms. The molecule has 5 rings (SSSR count). The Balaban J connectivity index is 1.81. The molecule has 0 fully saturated rings. The SMILES string of the molecule is Nc1ccc(C2(Cc3cccc(N)c3)c3ccccc3-c3nccn32)cc1. The van der Waals surface area contributed by atoms with Crippen molar-refractivity contribution in [3.05, 3.63) is 102 Å². The highest BCUT2D eigenvalue weighted by Crippen LogP contribution is 2.48. The van der Waals surface area contributed by atoms with Crippen LogP contribution < -0.4 is 11.5 Å². The predicted octanol–water partition coefficient (Wildman–Crippen LogP) is 4.06. The van der Waals surface area contributed by atoms with Gasteiger partial charge in [-0.3, -0.25) is 0 Å². The molecule has 1 aliphatic rings. The number of hydrogen-bond acceptors (Lipinski definition) is 3. The molecule has 1 atom stereocenters. The highest BCUT2D eigenvalue weighted by molar-refractivity contribution is 5.71. The molecule has 0 aliphatic carbocycles. The fourth-order valence-electron chi connectivity index (χ4n) is 4.31. The first kappa shape index (κ1) is 15.7. The summed E-state index contributed by atoms with van der Waals surface area (Å²) >= 11 is 0. The van der Waals surface area contributed by atoms with E-state index in [0.29, 0.717) is 0 Å². The topological polar surface area (TPSA) is 69.9 Å². The Morgan fingerprint density at radius 3 is 2.48 bits per heavy atom. The lowest BCUT2D eigenvalue weighted by Gasteiger charge is -2.34. The number of aromatic nitrogens is 2. The van der Waals surface area contributed by atoms with E-state index in [1.807, 2.05) is 30.5 Å². The molecular weight excluding hydrogens is 332 g/mol. The van der Waals surface area contributed by atoms with Crippen molar-refractivity contribution in [2.75, 3.05) is 11.5 Å². The van der Waals surface area contributed by atoms with Gasteiger partial charge in [-0.25, -0.2) is 4.98 Å². The largest absolute Gasteiger partial charge is 0.399 e. The summed E-state index contributed by atoms with van der Waals surface area (Å²) in [5.74, 6) is 0.992. The number of anilines is 2. The van der Waals surface area contributed by atoms with Crippen LogP contribution in [0, 0.1) is 0 Å². The maximum absolute atomic E-state index is 6.07. The van der Waals surface area contributed by atoms with Crippen LogP contribution in [-0.4, -0.2) is 9.55 Å². The molecule has 0 amide bonds. The lowest BCUT2D eigenvalue weighted by Crippen LogP contribution is -2.35. The quantitative estimate of drug-likeness (QED) is 0.546. The van der Waals surface area contributed by atoms with Crippen molar-refractivity contribution in [3.63, 3.8) is 0 Å². The Labute approximate surface area is 158 Å². The van der Waals surface area contributed by atoms with Gasteiger partial charge in [-0.15, -0.1) is 0 Å². The number of nitrogen functional groups attached to an aromatic ring is 2. The second-order valence-corrected chi connectivity index (χ2v) is 7.07. The Morgan fingerprint density at radius 2 is 1.67 bits per heavy atom. The minimum atomic E-state index is -0.385. The highest BCUT2D eigenvalue weighted by atomic mass is 15.2. The summed E-state index contributed by atoms with van der Waals surface area (Å²) in [5.41, 5.74) is 18.0. The number of nitrogens with zero attached hydrogens (tertiary/aromatic N) is 2. The molecule has 4 aromatic rings. The molecule has 0 saturated heterocycles. The van der Waals surface area contributed by atoms with Crippen molar-refractivity contribution in [2.24, 2.45) is 0 Å². The third kappa shape index (κ3) is 2.27. The summed E-state index contributed by atoms with van der Waals surface area (Å²) in [5, 5.41) is 0. The number of rotatable bonds is 3. The Kier molecular flexibility index (Phi) is 3.34. The Morgan fingerprint density at radius 1 is 0.852 bits per heavy atom. The van der Waals surface area contributed by atoms with Crippen LogP contribution in [0.25, 0.3) is 11.4 Å².